The number of hydrogen-bond acceptors (Lipinski definition) is 7. The van der Waals surface area contributed by atoms with Gasteiger partial charge in [0, 0.05) is 18.6 Å². The number of β-lactam (4-membered cyclic amide) rings is 1. The zero-order valence-corrected chi connectivity index (χ0v) is 13.8. The molecule has 0 spiro atoms. The number of ether oxygens (including phenoxy) is 2. The van der Waals surface area contributed by atoms with Gasteiger partial charge in [-0.05, 0) is 13.8 Å². The summed E-state index contributed by atoms with van der Waals surface area (Å²) in [6.45, 7) is 6.40. The fourth-order valence-electron chi connectivity index (χ4n) is 2.51. The number of amides is 1. The van der Waals surface area contributed by atoms with Gasteiger partial charge in [0.15, 0.2) is 0 Å². The molecule has 0 aliphatic carbocycles. The molecule has 120 valence electrons. The summed E-state index contributed by atoms with van der Waals surface area (Å²) < 4.78 is 9.35. The molecule has 0 bridgehead atoms. The molecule has 2 saturated heterocycles. The summed E-state index contributed by atoms with van der Waals surface area (Å²) in [5.74, 6) is -1.38. The van der Waals surface area contributed by atoms with Gasteiger partial charge < -0.3 is 20.1 Å². The van der Waals surface area contributed by atoms with Crippen molar-refractivity contribution in [2.75, 3.05) is 0 Å². The zero-order valence-electron chi connectivity index (χ0n) is 12.2. The first-order chi connectivity index (χ1) is 9.15. The molecule has 2 heterocycles. The number of esters is 2. The fraction of sp³-hybridized carbons (Fsp3) is 0.750. The lowest BCUT2D eigenvalue weighted by Gasteiger charge is -2.42. The maximum Gasteiger partial charge on any atom is 0.333 e. The van der Waals surface area contributed by atoms with Gasteiger partial charge in [0.25, 0.3) is 0 Å². The van der Waals surface area contributed by atoms with Crippen molar-refractivity contribution >= 4 is 42.0 Å². The lowest BCUT2D eigenvalue weighted by molar-refractivity contribution is -0.190. The molecule has 0 saturated carbocycles. The van der Waals surface area contributed by atoms with Crippen LogP contribution >= 0.6 is 24.2 Å². The standard InChI is InChI=1S/C12H18N2O5S.ClH/c1-5(15)18-6(2)19-11(17)8-12(3,4)20-10-7(13)9(16)14(8)10;/h6-8,10H,13H2,1-4H3;1H/t6?,7-,8+,10-;/m1./s1. The average Bonchev–Trinajstić information content (AvgIpc) is 2.56. The molecule has 0 radical (unpaired) electrons. The number of thioether (sulfide) groups is 1. The Hall–Kier alpha value is -0.990. The second kappa shape index (κ2) is 6.02. The Kier molecular flexibility index (Phi) is 5.18. The molecule has 7 nitrogen and oxygen atoms in total. The van der Waals surface area contributed by atoms with E-state index in [9.17, 15) is 14.4 Å². The van der Waals surface area contributed by atoms with Crippen LogP contribution in [0.1, 0.15) is 27.7 Å². The van der Waals surface area contributed by atoms with Gasteiger partial charge in [-0.15, -0.1) is 24.2 Å². The third-order valence-corrected chi connectivity index (χ3v) is 4.91. The summed E-state index contributed by atoms with van der Waals surface area (Å²) in [6.07, 6.45) is -0.982. The van der Waals surface area contributed by atoms with Crippen LogP contribution in [0, 0.1) is 0 Å². The third-order valence-electron chi connectivity index (χ3n) is 3.32. The Morgan fingerprint density at radius 2 is 1.95 bits per heavy atom. The normalized spacial score (nSPS) is 30.6. The molecular formula is C12H19ClN2O5S. The Bertz CT molecular complexity index is 473. The van der Waals surface area contributed by atoms with Gasteiger partial charge >= 0.3 is 11.9 Å². The lowest BCUT2D eigenvalue weighted by Crippen LogP contribution is -2.69. The van der Waals surface area contributed by atoms with Gasteiger partial charge in [0.1, 0.15) is 17.5 Å². The number of carbonyl (C=O) groups excluding carboxylic acids is 3. The van der Waals surface area contributed by atoms with E-state index in [1.807, 2.05) is 13.8 Å². The van der Waals surface area contributed by atoms with E-state index in [0.29, 0.717) is 0 Å². The van der Waals surface area contributed by atoms with Gasteiger partial charge in [0.2, 0.25) is 12.2 Å². The van der Waals surface area contributed by atoms with Crippen LogP contribution in [-0.2, 0) is 23.9 Å². The van der Waals surface area contributed by atoms with Crippen molar-refractivity contribution in [3.63, 3.8) is 0 Å². The Morgan fingerprint density at radius 1 is 1.38 bits per heavy atom. The SMILES string of the molecule is CC(=O)OC(C)OC(=O)[C@@H]1N2C(=O)[C@@H](N)[C@H]2SC1(C)C.Cl. The van der Waals surface area contributed by atoms with E-state index < -0.39 is 35.1 Å². The van der Waals surface area contributed by atoms with Crippen molar-refractivity contribution in [1.29, 1.82) is 0 Å². The number of fused-ring (bicyclic) bond motifs is 1. The molecule has 1 unspecified atom stereocenters. The van der Waals surface area contributed by atoms with Gasteiger partial charge in [-0.2, -0.15) is 0 Å². The highest BCUT2D eigenvalue weighted by molar-refractivity contribution is 8.01. The van der Waals surface area contributed by atoms with E-state index in [4.69, 9.17) is 15.2 Å². The maximum absolute atomic E-state index is 12.2. The summed E-state index contributed by atoms with van der Waals surface area (Å²) in [6, 6.07) is -1.29. The Labute approximate surface area is 133 Å². The van der Waals surface area contributed by atoms with Crippen LogP contribution in [0.3, 0.4) is 0 Å². The topological polar surface area (TPSA) is 98.9 Å². The van der Waals surface area contributed by atoms with Crippen LogP contribution in [0.25, 0.3) is 0 Å². The zero-order chi connectivity index (χ0) is 15.2. The van der Waals surface area contributed by atoms with Crippen molar-refractivity contribution in [2.45, 2.75) is 56.2 Å². The van der Waals surface area contributed by atoms with Crippen LogP contribution in [0.15, 0.2) is 0 Å². The Morgan fingerprint density at radius 3 is 2.48 bits per heavy atom. The number of carbonyl (C=O) groups is 3. The summed E-state index contributed by atoms with van der Waals surface area (Å²) in [5.41, 5.74) is 5.72. The van der Waals surface area contributed by atoms with Crippen molar-refractivity contribution in [3.8, 4) is 0 Å². The van der Waals surface area contributed by atoms with E-state index in [-0.39, 0.29) is 23.7 Å². The molecule has 0 aromatic rings. The third kappa shape index (κ3) is 3.12. The molecule has 4 atom stereocenters. The number of rotatable bonds is 3. The second-order valence-corrected chi connectivity index (χ2v) is 7.17. The van der Waals surface area contributed by atoms with Crippen LogP contribution in [0.4, 0.5) is 0 Å². The van der Waals surface area contributed by atoms with Crippen molar-refractivity contribution in [1.82, 2.24) is 4.90 Å². The first-order valence-corrected chi connectivity index (χ1v) is 7.16. The van der Waals surface area contributed by atoms with Crippen LogP contribution in [0.5, 0.6) is 0 Å². The minimum Gasteiger partial charge on any atom is -0.426 e. The minimum atomic E-state index is -0.982. The van der Waals surface area contributed by atoms with Crippen LogP contribution in [-0.4, -0.2) is 51.2 Å². The summed E-state index contributed by atoms with van der Waals surface area (Å²) in [7, 11) is 0. The largest absolute Gasteiger partial charge is 0.426 e. The highest BCUT2D eigenvalue weighted by atomic mass is 35.5. The Balaban J connectivity index is 0.00000220. The monoisotopic (exact) mass is 338 g/mol. The predicted octanol–water partition coefficient (Wildman–Crippen LogP) is 0.250. The molecule has 2 aliphatic heterocycles. The van der Waals surface area contributed by atoms with Crippen molar-refractivity contribution < 1.29 is 23.9 Å². The summed E-state index contributed by atoms with van der Waals surface area (Å²) in [5, 5.41) is -0.195. The van der Waals surface area contributed by atoms with Crippen LogP contribution in [0.2, 0.25) is 0 Å². The predicted molar refractivity (Wildman–Crippen MR) is 78.6 cm³/mol. The first-order valence-electron chi connectivity index (χ1n) is 6.28. The van der Waals surface area contributed by atoms with Gasteiger partial charge in [-0.3, -0.25) is 9.59 Å². The molecule has 1 amide bonds. The summed E-state index contributed by atoms with van der Waals surface area (Å²) >= 11 is 1.48. The molecule has 9 heteroatoms. The number of hydrogen-bond donors (Lipinski definition) is 1. The quantitative estimate of drug-likeness (QED) is 0.447. The van der Waals surface area contributed by atoms with E-state index >= 15 is 0 Å². The maximum atomic E-state index is 12.2. The minimum absolute atomic E-state index is 0. The molecule has 0 aromatic heterocycles. The van der Waals surface area contributed by atoms with Gasteiger partial charge in [0.05, 0.1) is 0 Å². The number of nitrogens with two attached hydrogens (primary N) is 1. The smallest absolute Gasteiger partial charge is 0.333 e. The van der Waals surface area contributed by atoms with Crippen LogP contribution < -0.4 is 5.73 Å². The van der Waals surface area contributed by atoms with E-state index in [1.165, 1.54) is 30.5 Å². The molecule has 21 heavy (non-hydrogen) atoms. The van der Waals surface area contributed by atoms with Crippen molar-refractivity contribution in [2.24, 2.45) is 5.73 Å². The molecule has 2 rings (SSSR count). The highest BCUT2D eigenvalue weighted by Gasteiger charge is 2.63. The molecule has 0 aromatic carbocycles. The lowest BCUT2D eigenvalue weighted by atomic mass is 9.96. The molecule has 2 N–H and O–H groups in total. The highest BCUT2D eigenvalue weighted by Crippen LogP contribution is 2.50. The second-order valence-electron chi connectivity index (χ2n) is 5.40. The summed E-state index contributed by atoms with van der Waals surface area (Å²) in [4.78, 5) is 36.3. The average molecular weight is 339 g/mol. The molecular weight excluding hydrogens is 320 g/mol. The van der Waals surface area contributed by atoms with Crippen molar-refractivity contribution in [3.05, 3.63) is 0 Å². The molecule has 2 aliphatic rings. The van der Waals surface area contributed by atoms with E-state index in [2.05, 4.69) is 0 Å². The van der Waals surface area contributed by atoms with Gasteiger partial charge in [-0.1, -0.05) is 0 Å². The van der Waals surface area contributed by atoms with E-state index in [0.717, 1.165) is 0 Å². The van der Waals surface area contributed by atoms with Gasteiger partial charge in [-0.25, -0.2) is 4.79 Å². The first kappa shape index (κ1) is 18.1. The number of halogens is 1. The fourth-order valence-corrected chi connectivity index (χ4v) is 4.07. The number of nitrogens with zero attached hydrogens (tertiary/aromatic N) is 1. The molecule has 2 fully saturated rings. The van der Waals surface area contributed by atoms with E-state index in [1.54, 1.807) is 0 Å².